The summed E-state index contributed by atoms with van der Waals surface area (Å²) in [4.78, 5) is 31.2. The van der Waals surface area contributed by atoms with Crippen LogP contribution in [0.4, 0.5) is 5.82 Å². The van der Waals surface area contributed by atoms with Gasteiger partial charge in [-0.1, -0.05) is 46.4 Å². The molecule has 2 N–H and O–H groups in total. The highest BCUT2D eigenvalue weighted by atomic mass is 35.5. The van der Waals surface area contributed by atoms with Crippen molar-refractivity contribution in [2.24, 2.45) is 0 Å². The molecule has 0 spiro atoms. The monoisotopic (exact) mass is 379 g/mol. The second-order valence-electron chi connectivity index (χ2n) is 3.86. The summed E-state index contributed by atoms with van der Waals surface area (Å²) in [6, 6.07) is 0. The standard InChI is InChI=1S/C12H5Cl4N3O3/c13-7-5(11(20)19-4-3-17-1-2-18-4)6(12(21)22)8(14)10(16)9(7)15/h1-3H,(H,21,22)(H,18,19,20). The number of hydrogen-bond acceptors (Lipinski definition) is 4. The van der Waals surface area contributed by atoms with E-state index >= 15 is 0 Å². The Balaban J connectivity index is 2.59. The number of carbonyl (C=O) groups is 2. The maximum atomic E-state index is 12.3. The van der Waals surface area contributed by atoms with E-state index in [1.165, 1.54) is 18.6 Å². The number of halogens is 4. The van der Waals surface area contributed by atoms with Crippen LogP contribution < -0.4 is 5.32 Å². The van der Waals surface area contributed by atoms with Crippen molar-refractivity contribution in [2.45, 2.75) is 0 Å². The second kappa shape index (κ2) is 6.66. The molecule has 22 heavy (non-hydrogen) atoms. The summed E-state index contributed by atoms with van der Waals surface area (Å²) in [5.74, 6) is -2.24. The van der Waals surface area contributed by atoms with E-state index in [-0.39, 0.29) is 25.9 Å². The molecule has 0 atom stereocenters. The van der Waals surface area contributed by atoms with Gasteiger partial charge in [-0.3, -0.25) is 9.78 Å². The molecule has 1 aromatic carbocycles. The molecule has 0 aliphatic heterocycles. The predicted octanol–water partition coefficient (Wildman–Crippen LogP) is 4.04. The van der Waals surface area contributed by atoms with Gasteiger partial charge in [0.2, 0.25) is 0 Å². The van der Waals surface area contributed by atoms with Crippen LogP contribution in [0, 0.1) is 0 Å². The van der Waals surface area contributed by atoms with Crippen molar-refractivity contribution in [1.82, 2.24) is 9.97 Å². The zero-order valence-corrected chi connectivity index (χ0v) is 13.4. The molecule has 0 radical (unpaired) electrons. The first-order valence-corrected chi connectivity index (χ1v) is 7.02. The molecule has 2 rings (SSSR count). The Morgan fingerprint density at radius 3 is 2.05 bits per heavy atom. The van der Waals surface area contributed by atoms with Crippen molar-refractivity contribution in [1.29, 1.82) is 0 Å². The van der Waals surface area contributed by atoms with Crippen LogP contribution in [0.3, 0.4) is 0 Å². The fourth-order valence-electron chi connectivity index (χ4n) is 1.59. The van der Waals surface area contributed by atoms with Gasteiger partial charge in [0.05, 0.1) is 37.4 Å². The quantitative estimate of drug-likeness (QED) is 0.619. The van der Waals surface area contributed by atoms with Gasteiger partial charge in [0.15, 0.2) is 5.82 Å². The Bertz CT molecular complexity index is 768. The fraction of sp³-hybridized carbons (Fsp3) is 0. The van der Waals surface area contributed by atoms with Crippen LogP contribution in [0.25, 0.3) is 0 Å². The van der Waals surface area contributed by atoms with Crippen molar-refractivity contribution in [3.63, 3.8) is 0 Å². The van der Waals surface area contributed by atoms with Crippen LogP contribution in [-0.2, 0) is 0 Å². The van der Waals surface area contributed by atoms with Gasteiger partial charge in [-0.15, -0.1) is 0 Å². The number of carbonyl (C=O) groups excluding carboxylic acids is 1. The van der Waals surface area contributed by atoms with E-state index in [9.17, 15) is 14.7 Å². The van der Waals surface area contributed by atoms with Gasteiger partial charge >= 0.3 is 5.97 Å². The van der Waals surface area contributed by atoms with Gasteiger partial charge in [0.25, 0.3) is 5.91 Å². The van der Waals surface area contributed by atoms with Gasteiger partial charge in [0, 0.05) is 12.4 Å². The van der Waals surface area contributed by atoms with Crippen molar-refractivity contribution in [2.75, 3.05) is 5.32 Å². The molecule has 0 bridgehead atoms. The topological polar surface area (TPSA) is 92.2 Å². The minimum absolute atomic E-state index is 0.0992. The van der Waals surface area contributed by atoms with E-state index in [4.69, 9.17) is 46.4 Å². The molecular formula is C12H5Cl4N3O3. The lowest BCUT2D eigenvalue weighted by atomic mass is 10.1. The summed E-state index contributed by atoms with van der Waals surface area (Å²) in [6.45, 7) is 0. The van der Waals surface area contributed by atoms with Crippen LogP contribution in [0.2, 0.25) is 20.1 Å². The van der Waals surface area contributed by atoms with E-state index in [2.05, 4.69) is 15.3 Å². The molecule has 114 valence electrons. The molecule has 0 aliphatic carbocycles. The van der Waals surface area contributed by atoms with E-state index < -0.39 is 23.0 Å². The van der Waals surface area contributed by atoms with Crippen LogP contribution >= 0.6 is 46.4 Å². The maximum Gasteiger partial charge on any atom is 0.338 e. The summed E-state index contributed by atoms with van der Waals surface area (Å²) in [5, 5.41) is 10.4. The summed E-state index contributed by atoms with van der Waals surface area (Å²) < 4.78 is 0. The number of aromatic carboxylic acids is 1. The average Bonchev–Trinajstić information content (AvgIpc) is 2.49. The molecule has 0 fully saturated rings. The lowest BCUT2D eigenvalue weighted by Crippen LogP contribution is -2.18. The number of benzene rings is 1. The predicted molar refractivity (Wildman–Crippen MR) is 83.4 cm³/mol. The molecule has 2 aromatic rings. The van der Waals surface area contributed by atoms with Crippen LogP contribution in [0.15, 0.2) is 18.6 Å². The van der Waals surface area contributed by atoms with Gasteiger partial charge < -0.3 is 10.4 Å². The first kappa shape index (κ1) is 16.8. The minimum atomic E-state index is -1.48. The number of amides is 1. The fourth-order valence-corrected chi connectivity index (χ4v) is 2.61. The summed E-state index contributed by atoms with van der Waals surface area (Å²) >= 11 is 23.5. The minimum Gasteiger partial charge on any atom is -0.478 e. The van der Waals surface area contributed by atoms with Crippen molar-refractivity contribution in [3.8, 4) is 0 Å². The van der Waals surface area contributed by atoms with E-state index in [1.54, 1.807) is 0 Å². The Morgan fingerprint density at radius 2 is 1.55 bits per heavy atom. The zero-order chi connectivity index (χ0) is 16.4. The molecule has 10 heteroatoms. The average molecular weight is 381 g/mol. The number of carboxylic acid groups (broad SMARTS) is 1. The van der Waals surface area contributed by atoms with Crippen molar-refractivity contribution >= 4 is 64.1 Å². The number of hydrogen-bond donors (Lipinski definition) is 2. The third-order valence-corrected chi connectivity index (χ3v) is 4.31. The molecule has 0 unspecified atom stereocenters. The molecule has 6 nitrogen and oxygen atoms in total. The number of carboxylic acids is 1. The summed E-state index contributed by atoms with van der Waals surface area (Å²) in [5.41, 5.74) is -0.971. The summed E-state index contributed by atoms with van der Waals surface area (Å²) in [7, 11) is 0. The SMILES string of the molecule is O=C(O)c1c(Cl)c(Cl)c(Cl)c(Cl)c1C(=O)Nc1cnccn1. The second-order valence-corrected chi connectivity index (χ2v) is 5.37. The molecule has 0 saturated carbocycles. The van der Waals surface area contributed by atoms with Gasteiger partial charge in [0.1, 0.15) is 0 Å². The van der Waals surface area contributed by atoms with Gasteiger partial charge in [-0.05, 0) is 0 Å². The Kier molecular flexibility index (Phi) is 5.08. The lowest BCUT2D eigenvalue weighted by molar-refractivity contribution is 0.0692. The first-order chi connectivity index (χ1) is 10.3. The summed E-state index contributed by atoms with van der Waals surface area (Å²) in [6.07, 6.45) is 4.02. The number of nitrogens with zero attached hydrogens (tertiary/aromatic N) is 2. The Morgan fingerprint density at radius 1 is 0.955 bits per heavy atom. The number of nitrogens with one attached hydrogen (secondary N) is 1. The molecule has 1 amide bonds. The Labute approximate surface area is 144 Å². The normalized spacial score (nSPS) is 10.4. The Hall–Kier alpha value is -1.60. The number of anilines is 1. The van der Waals surface area contributed by atoms with Crippen LogP contribution in [0.1, 0.15) is 20.7 Å². The molecule has 1 aromatic heterocycles. The smallest absolute Gasteiger partial charge is 0.338 e. The van der Waals surface area contributed by atoms with Crippen LogP contribution in [-0.4, -0.2) is 27.0 Å². The lowest BCUT2D eigenvalue weighted by Gasteiger charge is -2.13. The zero-order valence-electron chi connectivity index (χ0n) is 10.4. The third-order valence-electron chi connectivity index (χ3n) is 2.51. The first-order valence-electron chi connectivity index (χ1n) is 5.51. The molecule has 1 heterocycles. The van der Waals surface area contributed by atoms with Gasteiger partial charge in [-0.2, -0.15) is 0 Å². The van der Waals surface area contributed by atoms with E-state index in [1.807, 2.05) is 0 Å². The van der Waals surface area contributed by atoms with Gasteiger partial charge in [-0.25, -0.2) is 9.78 Å². The van der Waals surface area contributed by atoms with Crippen molar-refractivity contribution < 1.29 is 14.7 Å². The highest BCUT2D eigenvalue weighted by Crippen LogP contribution is 2.41. The van der Waals surface area contributed by atoms with E-state index in [0.717, 1.165) is 0 Å². The molecular weight excluding hydrogens is 376 g/mol. The van der Waals surface area contributed by atoms with E-state index in [0.29, 0.717) is 0 Å². The highest BCUT2D eigenvalue weighted by molar-refractivity contribution is 6.54. The third kappa shape index (κ3) is 3.10. The highest BCUT2D eigenvalue weighted by Gasteiger charge is 2.29. The van der Waals surface area contributed by atoms with Crippen molar-refractivity contribution in [3.05, 3.63) is 49.8 Å². The maximum absolute atomic E-state index is 12.3. The molecule has 0 aliphatic rings. The molecule has 0 saturated heterocycles. The number of rotatable bonds is 3. The largest absolute Gasteiger partial charge is 0.478 e. The number of aromatic nitrogens is 2. The van der Waals surface area contributed by atoms with Crippen LogP contribution in [0.5, 0.6) is 0 Å².